The van der Waals surface area contributed by atoms with E-state index in [2.05, 4.69) is 19.9 Å². The Morgan fingerprint density at radius 3 is 2.94 bits per heavy atom. The van der Waals surface area contributed by atoms with Gasteiger partial charge in [-0.15, -0.1) is 0 Å². The summed E-state index contributed by atoms with van der Waals surface area (Å²) >= 11 is 0. The normalized spacial score (nSPS) is 14.2. The van der Waals surface area contributed by atoms with E-state index in [-0.39, 0.29) is 0 Å². The number of aromatic nitrogens is 3. The summed E-state index contributed by atoms with van der Waals surface area (Å²) in [7, 11) is 0. The lowest BCUT2D eigenvalue weighted by atomic mass is 10.1. The van der Waals surface area contributed by atoms with Crippen LogP contribution in [0.25, 0.3) is 11.3 Å². The predicted molar refractivity (Wildman–Crippen MR) is 66.5 cm³/mol. The van der Waals surface area contributed by atoms with Crippen molar-refractivity contribution < 1.29 is 0 Å². The van der Waals surface area contributed by atoms with Gasteiger partial charge < -0.3 is 15.6 Å². The molecule has 17 heavy (non-hydrogen) atoms. The molecular formula is C12H15N5. The molecule has 1 aliphatic rings. The van der Waals surface area contributed by atoms with Gasteiger partial charge in [0, 0.05) is 37.6 Å². The van der Waals surface area contributed by atoms with Crippen LogP contribution in [0.4, 0.5) is 5.95 Å². The smallest absolute Gasteiger partial charge is 0.203 e. The second-order valence-electron chi connectivity index (χ2n) is 4.10. The van der Waals surface area contributed by atoms with Gasteiger partial charge in [0.2, 0.25) is 5.95 Å². The van der Waals surface area contributed by atoms with Crippen molar-refractivity contribution in [2.75, 3.05) is 11.9 Å². The number of hydrogen-bond acceptors (Lipinski definition) is 4. The second kappa shape index (κ2) is 4.18. The van der Waals surface area contributed by atoms with E-state index in [0.29, 0.717) is 6.54 Å². The predicted octanol–water partition coefficient (Wildman–Crippen LogP) is 1.22. The van der Waals surface area contributed by atoms with E-state index in [9.17, 15) is 0 Å². The molecule has 3 N–H and O–H groups in total. The highest BCUT2D eigenvalue weighted by Gasteiger charge is 2.19. The van der Waals surface area contributed by atoms with Gasteiger partial charge in [0.1, 0.15) is 0 Å². The molecule has 1 aliphatic heterocycles. The maximum Gasteiger partial charge on any atom is 0.203 e. The molecule has 0 bridgehead atoms. The summed E-state index contributed by atoms with van der Waals surface area (Å²) in [5.41, 5.74) is 8.99. The first-order chi connectivity index (χ1) is 8.40. The van der Waals surface area contributed by atoms with Crippen LogP contribution in [0.1, 0.15) is 12.1 Å². The molecule has 0 amide bonds. The molecule has 5 nitrogen and oxygen atoms in total. The monoisotopic (exact) mass is 229 g/mol. The third-order valence-electron chi connectivity index (χ3n) is 3.06. The molecule has 0 saturated carbocycles. The van der Waals surface area contributed by atoms with Crippen LogP contribution in [0.2, 0.25) is 0 Å². The largest absolute Gasteiger partial charge is 0.356 e. The van der Waals surface area contributed by atoms with Crippen molar-refractivity contribution in [2.24, 2.45) is 5.73 Å². The molecule has 3 rings (SSSR count). The average molecular weight is 229 g/mol. The number of nitrogens with zero attached hydrogens (tertiary/aromatic N) is 3. The molecule has 0 fully saturated rings. The summed E-state index contributed by atoms with van der Waals surface area (Å²) in [4.78, 5) is 8.66. The van der Waals surface area contributed by atoms with Gasteiger partial charge in [0.25, 0.3) is 0 Å². The Morgan fingerprint density at radius 1 is 1.35 bits per heavy atom. The second-order valence-corrected chi connectivity index (χ2v) is 4.10. The van der Waals surface area contributed by atoms with Gasteiger partial charge in [-0.1, -0.05) is 0 Å². The quantitative estimate of drug-likeness (QED) is 0.812. The van der Waals surface area contributed by atoms with E-state index in [0.717, 1.165) is 42.4 Å². The summed E-state index contributed by atoms with van der Waals surface area (Å²) in [5.74, 6) is 0.934. The Balaban J connectivity index is 2.14. The summed E-state index contributed by atoms with van der Waals surface area (Å²) in [6.45, 7) is 2.48. The number of nitrogens with two attached hydrogens (primary N) is 1. The minimum absolute atomic E-state index is 0.506. The van der Waals surface area contributed by atoms with Crippen LogP contribution >= 0.6 is 0 Å². The number of nitrogens with one attached hydrogen (secondary N) is 1. The topological polar surface area (TPSA) is 68.8 Å². The van der Waals surface area contributed by atoms with Gasteiger partial charge >= 0.3 is 0 Å². The van der Waals surface area contributed by atoms with Crippen molar-refractivity contribution in [1.29, 1.82) is 0 Å². The van der Waals surface area contributed by atoms with Crippen molar-refractivity contribution >= 4 is 5.95 Å². The van der Waals surface area contributed by atoms with Crippen LogP contribution in [0.5, 0.6) is 0 Å². The van der Waals surface area contributed by atoms with Crippen molar-refractivity contribution in [2.45, 2.75) is 19.5 Å². The van der Waals surface area contributed by atoms with E-state index in [1.165, 1.54) is 0 Å². The molecule has 2 aromatic heterocycles. The van der Waals surface area contributed by atoms with E-state index in [4.69, 9.17) is 5.73 Å². The minimum Gasteiger partial charge on any atom is -0.356 e. The minimum atomic E-state index is 0.506. The molecule has 3 heterocycles. The number of imidazole rings is 1. The highest BCUT2D eigenvalue weighted by atomic mass is 15.2. The number of anilines is 1. The van der Waals surface area contributed by atoms with Crippen LogP contribution in [0, 0.1) is 0 Å². The summed E-state index contributed by atoms with van der Waals surface area (Å²) in [5, 5.41) is 3.31. The standard InChI is InChI=1S/C12H15N5/c13-8-10-11(9-2-5-14-6-3-9)16-12-15-4-1-7-17(10)12/h2-3,5-6H,1,4,7-8,13H2,(H,15,16). The maximum absolute atomic E-state index is 5.85. The first-order valence-corrected chi connectivity index (χ1v) is 5.84. The van der Waals surface area contributed by atoms with Gasteiger partial charge in [-0.25, -0.2) is 4.98 Å². The fourth-order valence-electron chi connectivity index (χ4n) is 2.25. The maximum atomic E-state index is 5.85. The van der Waals surface area contributed by atoms with Gasteiger partial charge in [-0.2, -0.15) is 0 Å². The number of pyridine rings is 1. The zero-order chi connectivity index (χ0) is 11.7. The molecule has 0 unspecified atom stereocenters. The lowest BCUT2D eigenvalue weighted by Gasteiger charge is -2.17. The Labute approximate surface area is 99.7 Å². The fraction of sp³-hybridized carbons (Fsp3) is 0.333. The molecule has 2 aromatic rings. The number of fused-ring (bicyclic) bond motifs is 1. The molecule has 0 radical (unpaired) electrons. The van der Waals surface area contributed by atoms with Crippen molar-refractivity contribution in [3.05, 3.63) is 30.2 Å². The lowest BCUT2D eigenvalue weighted by molar-refractivity contribution is 0.604. The molecule has 0 aliphatic carbocycles. The van der Waals surface area contributed by atoms with Crippen molar-refractivity contribution in [3.63, 3.8) is 0 Å². The molecule has 0 aromatic carbocycles. The Kier molecular flexibility index (Phi) is 2.53. The highest BCUT2D eigenvalue weighted by molar-refractivity contribution is 5.64. The van der Waals surface area contributed by atoms with Gasteiger partial charge in [0.05, 0.1) is 11.4 Å². The van der Waals surface area contributed by atoms with E-state index < -0.39 is 0 Å². The first-order valence-electron chi connectivity index (χ1n) is 5.84. The third kappa shape index (κ3) is 1.68. The van der Waals surface area contributed by atoms with Crippen molar-refractivity contribution in [1.82, 2.24) is 14.5 Å². The van der Waals surface area contributed by atoms with Crippen LogP contribution in [-0.2, 0) is 13.1 Å². The SMILES string of the molecule is NCc1c(-c2ccncc2)nc2n1CCCN2. The average Bonchev–Trinajstić information content (AvgIpc) is 2.78. The molecule has 0 saturated heterocycles. The van der Waals surface area contributed by atoms with E-state index in [1.54, 1.807) is 12.4 Å². The van der Waals surface area contributed by atoms with Crippen LogP contribution in [0.15, 0.2) is 24.5 Å². The van der Waals surface area contributed by atoms with Gasteiger partial charge in [-0.3, -0.25) is 4.98 Å². The third-order valence-corrected chi connectivity index (χ3v) is 3.06. The fourth-order valence-corrected chi connectivity index (χ4v) is 2.25. The molecule has 5 heteroatoms. The zero-order valence-electron chi connectivity index (χ0n) is 9.56. The molecule has 0 spiro atoms. The van der Waals surface area contributed by atoms with E-state index >= 15 is 0 Å². The van der Waals surface area contributed by atoms with E-state index in [1.807, 2.05) is 12.1 Å². The molecule has 0 atom stereocenters. The number of rotatable bonds is 2. The van der Waals surface area contributed by atoms with Crippen molar-refractivity contribution in [3.8, 4) is 11.3 Å². The van der Waals surface area contributed by atoms with Crippen LogP contribution < -0.4 is 11.1 Å². The highest BCUT2D eigenvalue weighted by Crippen LogP contribution is 2.27. The Bertz CT molecular complexity index is 517. The van der Waals surface area contributed by atoms with Gasteiger partial charge in [0.15, 0.2) is 0 Å². The van der Waals surface area contributed by atoms with Gasteiger partial charge in [-0.05, 0) is 18.6 Å². The summed E-state index contributed by atoms with van der Waals surface area (Å²) in [6, 6.07) is 3.93. The van der Waals surface area contributed by atoms with Crippen LogP contribution in [-0.4, -0.2) is 21.1 Å². The molecular weight excluding hydrogens is 214 g/mol. The number of hydrogen-bond donors (Lipinski definition) is 2. The lowest BCUT2D eigenvalue weighted by Crippen LogP contribution is -2.19. The zero-order valence-corrected chi connectivity index (χ0v) is 9.56. The Hall–Kier alpha value is -1.88. The first kappa shape index (κ1) is 10.3. The Morgan fingerprint density at radius 2 is 2.18 bits per heavy atom. The molecule has 88 valence electrons. The summed E-state index contributed by atoms with van der Waals surface area (Å²) in [6.07, 6.45) is 4.68. The summed E-state index contributed by atoms with van der Waals surface area (Å²) < 4.78 is 2.18. The van der Waals surface area contributed by atoms with Crippen LogP contribution in [0.3, 0.4) is 0 Å².